The van der Waals surface area contributed by atoms with Crippen molar-refractivity contribution >= 4 is 45.5 Å². The Morgan fingerprint density at radius 3 is 1.11 bits per heavy atom. The minimum absolute atomic E-state index is 0.187. The van der Waals surface area contributed by atoms with Gasteiger partial charge in [-0.2, -0.15) is 9.98 Å². The number of hydrogen-bond donors (Lipinski definition) is 5. The van der Waals surface area contributed by atoms with Gasteiger partial charge in [0, 0.05) is 51.4 Å². The largest absolute Gasteiger partial charge is 0.370 e. The monoisotopic (exact) mass is 525 g/mol. The van der Waals surface area contributed by atoms with E-state index in [1.54, 1.807) is 0 Å². The fourth-order valence-corrected chi connectivity index (χ4v) is 2.81. The maximum atomic E-state index is 9.91. The van der Waals surface area contributed by atoms with Crippen LogP contribution in [0.1, 0.15) is 27.7 Å². The number of para-hydroxylation sites is 2. The van der Waals surface area contributed by atoms with Crippen LogP contribution >= 0.6 is 0 Å². The van der Waals surface area contributed by atoms with E-state index in [4.69, 9.17) is 22.9 Å². The lowest BCUT2D eigenvalue weighted by Crippen LogP contribution is -2.23. The first-order valence-electron chi connectivity index (χ1n) is 11.8. The normalized spacial score (nSPS) is 8.63. The van der Waals surface area contributed by atoms with Crippen LogP contribution in [-0.2, 0) is 23.7 Å². The molecule has 0 aliphatic carbocycles. The van der Waals surface area contributed by atoms with Gasteiger partial charge >= 0.3 is 0 Å². The Hall–Kier alpha value is -4.64. The number of benzene rings is 2. The maximum Gasteiger partial charge on any atom is 0.245 e. The molecule has 11 nitrogen and oxygen atoms in total. The molecule has 0 fully saturated rings. The van der Waals surface area contributed by atoms with Crippen LogP contribution < -0.4 is 28.7 Å². The summed E-state index contributed by atoms with van der Waals surface area (Å²) in [5.41, 5.74) is 26.3. The predicted octanol–water partition coefficient (Wildman–Crippen LogP) is 2.57. The molecule has 0 radical (unpaired) electrons. The van der Waals surface area contributed by atoms with E-state index in [1.165, 1.54) is 42.7 Å². The molecule has 0 aliphatic heterocycles. The van der Waals surface area contributed by atoms with Crippen LogP contribution in [0.2, 0.25) is 0 Å². The maximum absolute atomic E-state index is 9.91. The van der Waals surface area contributed by atoms with Gasteiger partial charge in [0.1, 0.15) is 0 Å². The molecule has 208 valence electrons. The van der Waals surface area contributed by atoms with E-state index in [-0.39, 0.29) is 23.7 Å². The lowest BCUT2D eigenvalue weighted by atomic mass is 10.2. The van der Waals surface area contributed by atoms with Crippen molar-refractivity contribution < 1.29 is 9.59 Å². The van der Waals surface area contributed by atoms with Gasteiger partial charge in [-0.25, -0.2) is 0 Å². The van der Waals surface area contributed by atoms with Crippen molar-refractivity contribution in [2.45, 2.75) is 27.7 Å². The standard InChI is InChI=1S/2C9H9N.2C3H7N3O.C2H6.CH5N/c2*1-10-7-6-8-4-2-3-5-9(8)10;2*1-2(7)6-3(4)5;2*1-2/h2*2-7H,1H3;2*1H3,(H4,4,5,6,7);1-2H3;2H2,1H3. The van der Waals surface area contributed by atoms with Gasteiger partial charge in [0.25, 0.3) is 0 Å². The zero-order chi connectivity index (χ0) is 29.7. The molecule has 0 saturated heterocycles. The molecule has 4 rings (SSSR count). The van der Waals surface area contributed by atoms with Crippen LogP contribution in [0.5, 0.6) is 0 Å². The third-order valence-electron chi connectivity index (χ3n) is 4.16. The summed E-state index contributed by atoms with van der Waals surface area (Å²) in [6.07, 6.45) is 4.15. The third kappa shape index (κ3) is 15.4. The quantitative estimate of drug-likeness (QED) is 0.171. The van der Waals surface area contributed by atoms with Crippen LogP contribution in [0.3, 0.4) is 0 Å². The van der Waals surface area contributed by atoms with Crippen molar-refractivity contribution in [3.05, 3.63) is 73.1 Å². The first-order chi connectivity index (χ1) is 18.0. The van der Waals surface area contributed by atoms with Gasteiger partial charge in [0.05, 0.1) is 0 Å². The second kappa shape index (κ2) is 20.5. The van der Waals surface area contributed by atoms with Gasteiger partial charge in [-0.15, -0.1) is 0 Å². The molecular formula is C27H43N9O2. The van der Waals surface area contributed by atoms with Crippen molar-refractivity contribution in [3.8, 4) is 0 Å². The summed E-state index contributed by atoms with van der Waals surface area (Å²) < 4.78 is 4.24. The summed E-state index contributed by atoms with van der Waals surface area (Å²) in [4.78, 5) is 26.0. The number of aryl methyl sites for hydroxylation is 2. The number of aliphatic imine (C=N–C) groups is 2. The highest BCUT2D eigenvalue weighted by atomic mass is 16.1. The van der Waals surface area contributed by atoms with Crippen LogP contribution in [0.4, 0.5) is 0 Å². The summed E-state index contributed by atoms with van der Waals surface area (Å²) in [6.45, 7) is 6.56. The van der Waals surface area contributed by atoms with E-state index in [0.29, 0.717) is 0 Å². The van der Waals surface area contributed by atoms with Crippen molar-refractivity contribution in [1.82, 2.24) is 9.13 Å². The number of guanidine groups is 2. The SMILES string of the molecule is CC.CC(=O)N=C(N)N.CC(=O)N=C(N)N.CN.Cn1ccc2ccccc21.Cn1ccc2ccccc21. The Kier molecular flexibility index (Phi) is 19.2. The Morgan fingerprint density at radius 2 is 0.895 bits per heavy atom. The van der Waals surface area contributed by atoms with Crippen LogP contribution in [0.15, 0.2) is 83.0 Å². The Labute approximate surface area is 225 Å². The Bertz CT molecular complexity index is 1180. The highest BCUT2D eigenvalue weighted by molar-refractivity contribution is 5.90. The first kappa shape index (κ1) is 35.5. The van der Waals surface area contributed by atoms with E-state index < -0.39 is 0 Å². The second-order valence-corrected chi connectivity index (χ2v) is 7.08. The smallest absolute Gasteiger partial charge is 0.245 e. The van der Waals surface area contributed by atoms with Gasteiger partial charge in [-0.3, -0.25) is 9.59 Å². The lowest BCUT2D eigenvalue weighted by Gasteiger charge is -1.92. The lowest BCUT2D eigenvalue weighted by molar-refractivity contribution is -0.116. The highest BCUT2D eigenvalue weighted by Crippen LogP contribution is 2.13. The topological polar surface area (TPSA) is 199 Å². The zero-order valence-corrected chi connectivity index (χ0v) is 23.4. The number of nitrogens with two attached hydrogens (primary N) is 5. The Balaban J connectivity index is 0. The molecule has 0 saturated carbocycles. The predicted molar refractivity (Wildman–Crippen MR) is 160 cm³/mol. The summed E-state index contributed by atoms with van der Waals surface area (Å²) in [5.74, 6) is -1.12. The average Bonchev–Trinajstić information content (AvgIpc) is 3.44. The first-order valence-corrected chi connectivity index (χ1v) is 11.8. The van der Waals surface area contributed by atoms with E-state index >= 15 is 0 Å². The molecule has 0 atom stereocenters. The highest BCUT2D eigenvalue weighted by Gasteiger charge is 1.93. The van der Waals surface area contributed by atoms with E-state index in [0.717, 1.165) is 0 Å². The van der Waals surface area contributed by atoms with Gasteiger partial charge in [0.2, 0.25) is 11.8 Å². The molecule has 38 heavy (non-hydrogen) atoms. The van der Waals surface area contributed by atoms with Crippen LogP contribution in [-0.4, -0.2) is 39.9 Å². The average molecular weight is 526 g/mol. The van der Waals surface area contributed by atoms with Crippen molar-refractivity contribution in [3.63, 3.8) is 0 Å². The van der Waals surface area contributed by atoms with Gasteiger partial charge in [-0.05, 0) is 42.1 Å². The van der Waals surface area contributed by atoms with E-state index in [2.05, 4.69) is 112 Å². The zero-order valence-electron chi connectivity index (χ0n) is 23.4. The van der Waals surface area contributed by atoms with Crippen LogP contribution in [0.25, 0.3) is 21.8 Å². The molecule has 4 aromatic rings. The van der Waals surface area contributed by atoms with E-state index in [1.807, 2.05) is 13.8 Å². The van der Waals surface area contributed by atoms with Crippen molar-refractivity contribution in [1.29, 1.82) is 0 Å². The molecule has 11 heteroatoms. The number of amides is 2. The molecule has 2 amide bonds. The molecular weight excluding hydrogens is 482 g/mol. The fourth-order valence-electron chi connectivity index (χ4n) is 2.81. The number of aromatic nitrogens is 2. The molecule has 2 heterocycles. The summed E-state index contributed by atoms with van der Waals surface area (Å²) in [6, 6.07) is 21.0. The minimum Gasteiger partial charge on any atom is -0.370 e. The van der Waals surface area contributed by atoms with Crippen molar-refractivity contribution in [2.75, 3.05) is 7.05 Å². The molecule has 10 N–H and O–H groups in total. The third-order valence-corrected chi connectivity index (χ3v) is 4.16. The Morgan fingerprint density at radius 1 is 0.605 bits per heavy atom. The summed E-state index contributed by atoms with van der Waals surface area (Å²) in [5, 5.41) is 2.62. The number of fused-ring (bicyclic) bond motifs is 2. The molecule has 0 unspecified atom stereocenters. The minimum atomic E-state index is -0.375. The second-order valence-electron chi connectivity index (χ2n) is 7.08. The fraction of sp³-hybridized carbons (Fsp3) is 0.259. The number of hydrogen-bond acceptors (Lipinski definition) is 3. The summed E-state index contributed by atoms with van der Waals surface area (Å²) >= 11 is 0. The van der Waals surface area contributed by atoms with Gasteiger partial charge < -0.3 is 37.8 Å². The molecule has 2 aromatic carbocycles. The number of carbonyl (C=O) groups excluding carboxylic acids is 2. The molecule has 2 aromatic heterocycles. The number of carbonyl (C=O) groups is 2. The summed E-state index contributed by atoms with van der Waals surface area (Å²) in [7, 11) is 5.62. The van der Waals surface area contributed by atoms with Gasteiger partial charge in [0.15, 0.2) is 11.9 Å². The van der Waals surface area contributed by atoms with Crippen LogP contribution in [0, 0.1) is 0 Å². The molecule has 0 spiro atoms. The van der Waals surface area contributed by atoms with Gasteiger partial charge in [-0.1, -0.05) is 50.2 Å². The molecule has 0 aliphatic rings. The molecule has 0 bridgehead atoms. The number of nitrogens with zero attached hydrogens (tertiary/aromatic N) is 4. The number of rotatable bonds is 0. The van der Waals surface area contributed by atoms with E-state index in [9.17, 15) is 9.59 Å². The van der Waals surface area contributed by atoms with Crippen molar-refractivity contribution in [2.24, 2.45) is 52.7 Å².